The molecule has 30 heavy (non-hydrogen) atoms. The Kier molecular flexibility index (Phi) is 11.2. The number of rotatable bonds is 10. The lowest BCUT2D eigenvalue weighted by molar-refractivity contribution is -0.208. The molecule has 0 aromatic carbocycles. The van der Waals surface area contributed by atoms with Crippen molar-refractivity contribution < 1.29 is 24.9 Å². The van der Waals surface area contributed by atoms with Gasteiger partial charge in [0.15, 0.2) is 0 Å². The van der Waals surface area contributed by atoms with Gasteiger partial charge < -0.3 is 30.7 Å². The summed E-state index contributed by atoms with van der Waals surface area (Å²) in [6, 6.07) is -0.719. The van der Waals surface area contributed by atoms with Crippen LogP contribution in [0, 0.1) is 11.8 Å². The number of amides is 1. The summed E-state index contributed by atoms with van der Waals surface area (Å²) in [5.74, 6) is 2.77. The SMILES string of the molecule is CCSCCC[C@@H]1CCN[C@H](C(=O)N[C@H](C(C)C)[C@H]2OC(SC)[C@H](O)[C@@H](O)[C@H]2O)C1. The van der Waals surface area contributed by atoms with Crippen LogP contribution in [0.3, 0.4) is 0 Å². The quantitative estimate of drug-likeness (QED) is 0.307. The van der Waals surface area contributed by atoms with Gasteiger partial charge >= 0.3 is 0 Å². The van der Waals surface area contributed by atoms with E-state index in [4.69, 9.17) is 4.74 Å². The fourth-order valence-corrected chi connectivity index (χ4v) is 5.67. The first kappa shape index (κ1) is 26.2. The third-order valence-corrected chi connectivity index (χ3v) is 7.99. The topological polar surface area (TPSA) is 111 Å². The maximum atomic E-state index is 13.0. The first-order valence-corrected chi connectivity index (χ1v) is 13.6. The van der Waals surface area contributed by atoms with E-state index in [2.05, 4.69) is 17.6 Å². The zero-order valence-corrected chi connectivity index (χ0v) is 20.3. The second-order valence-corrected chi connectivity index (χ2v) is 11.0. The van der Waals surface area contributed by atoms with Crippen molar-refractivity contribution in [2.75, 3.05) is 24.3 Å². The number of aliphatic hydroxyl groups is 3. The van der Waals surface area contributed by atoms with Crippen molar-refractivity contribution in [2.45, 2.75) is 88.4 Å². The number of carbonyl (C=O) groups excluding carboxylic acids is 1. The lowest BCUT2D eigenvalue weighted by Crippen LogP contribution is -2.65. The summed E-state index contributed by atoms with van der Waals surface area (Å²) in [5, 5.41) is 37.3. The van der Waals surface area contributed by atoms with Crippen molar-refractivity contribution in [1.29, 1.82) is 0 Å². The Hall–Kier alpha value is -0.0300. The minimum Gasteiger partial charge on any atom is -0.388 e. The average Bonchev–Trinajstić information content (AvgIpc) is 2.74. The van der Waals surface area contributed by atoms with E-state index in [0.29, 0.717) is 5.92 Å². The summed E-state index contributed by atoms with van der Waals surface area (Å²) in [5.41, 5.74) is -0.648. The standard InChI is InChI=1S/C21H40N2O5S2/c1-5-30-10-6-7-13-8-9-22-14(11-13)20(27)23-15(12(2)3)19-17(25)16(24)18(26)21(28-19)29-4/h12-19,21-22,24-26H,5-11H2,1-4H3,(H,23,27)/t13-,14+,15-,16+,17-,18-,19-,21?/m1/s1. The number of aliphatic hydroxyl groups excluding tert-OH is 3. The van der Waals surface area contributed by atoms with Gasteiger partial charge in [0, 0.05) is 0 Å². The van der Waals surface area contributed by atoms with E-state index in [1.165, 1.54) is 23.9 Å². The molecule has 2 aliphatic rings. The van der Waals surface area contributed by atoms with Crippen molar-refractivity contribution in [3.63, 3.8) is 0 Å². The molecule has 1 amide bonds. The highest BCUT2D eigenvalue weighted by atomic mass is 32.2. The third-order valence-electron chi connectivity index (χ3n) is 6.15. The van der Waals surface area contributed by atoms with E-state index in [9.17, 15) is 20.1 Å². The maximum Gasteiger partial charge on any atom is 0.237 e. The molecule has 0 saturated carbocycles. The molecular weight excluding hydrogens is 424 g/mol. The highest BCUT2D eigenvalue weighted by molar-refractivity contribution is 7.99. The molecular formula is C21H40N2O5S2. The normalized spacial score (nSPS) is 35.9. The van der Waals surface area contributed by atoms with Crippen LogP contribution in [-0.4, -0.2) is 87.5 Å². The van der Waals surface area contributed by atoms with E-state index in [0.717, 1.165) is 31.6 Å². The maximum absolute atomic E-state index is 13.0. The molecule has 0 spiro atoms. The summed E-state index contributed by atoms with van der Waals surface area (Å²) in [6.07, 6.45) is 1.51. The largest absolute Gasteiger partial charge is 0.388 e. The molecule has 1 unspecified atom stereocenters. The predicted octanol–water partition coefficient (Wildman–Crippen LogP) is 1.20. The Bertz CT molecular complexity index is 526. The number of hydrogen-bond acceptors (Lipinski definition) is 8. The van der Waals surface area contributed by atoms with Crippen molar-refractivity contribution in [3.05, 3.63) is 0 Å². The molecule has 176 valence electrons. The summed E-state index contributed by atoms with van der Waals surface area (Å²) in [7, 11) is 0. The number of ether oxygens (including phenoxy) is 1. The van der Waals surface area contributed by atoms with Gasteiger partial charge in [-0.3, -0.25) is 4.79 Å². The molecule has 5 N–H and O–H groups in total. The van der Waals surface area contributed by atoms with E-state index >= 15 is 0 Å². The van der Waals surface area contributed by atoms with E-state index in [1.807, 2.05) is 25.6 Å². The van der Waals surface area contributed by atoms with Crippen LogP contribution in [0.15, 0.2) is 0 Å². The van der Waals surface area contributed by atoms with Crippen LogP contribution in [-0.2, 0) is 9.53 Å². The zero-order valence-electron chi connectivity index (χ0n) is 18.6. The van der Waals surface area contributed by atoms with Crippen molar-refractivity contribution in [2.24, 2.45) is 11.8 Å². The van der Waals surface area contributed by atoms with Crippen LogP contribution in [0.2, 0.25) is 0 Å². The van der Waals surface area contributed by atoms with Crippen molar-refractivity contribution >= 4 is 29.4 Å². The Morgan fingerprint density at radius 1 is 1.23 bits per heavy atom. The monoisotopic (exact) mass is 464 g/mol. The molecule has 8 atom stereocenters. The molecule has 0 radical (unpaired) electrons. The number of nitrogens with one attached hydrogen (secondary N) is 2. The molecule has 2 saturated heterocycles. The number of thioether (sulfide) groups is 2. The molecule has 0 bridgehead atoms. The van der Waals surface area contributed by atoms with Gasteiger partial charge in [0.05, 0.1) is 12.1 Å². The van der Waals surface area contributed by atoms with Gasteiger partial charge in [-0.1, -0.05) is 20.8 Å². The Morgan fingerprint density at radius 3 is 2.60 bits per heavy atom. The minimum atomic E-state index is -1.31. The Morgan fingerprint density at radius 2 is 1.97 bits per heavy atom. The molecule has 0 aromatic heterocycles. The van der Waals surface area contributed by atoms with Gasteiger partial charge in [0.25, 0.3) is 0 Å². The van der Waals surface area contributed by atoms with E-state index < -0.39 is 35.9 Å². The van der Waals surface area contributed by atoms with Gasteiger partial charge in [-0.2, -0.15) is 11.8 Å². The van der Waals surface area contributed by atoms with Crippen molar-refractivity contribution in [3.8, 4) is 0 Å². The van der Waals surface area contributed by atoms with Gasteiger partial charge in [-0.25, -0.2) is 0 Å². The summed E-state index contributed by atoms with van der Waals surface area (Å²) in [4.78, 5) is 13.0. The second kappa shape index (κ2) is 12.9. The Balaban J connectivity index is 1.97. The minimum absolute atomic E-state index is 0.0102. The van der Waals surface area contributed by atoms with Crippen LogP contribution < -0.4 is 10.6 Å². The molecule has 9 heteroatoms. The number of piperidine rings is 1. The number of hydrogen-bond donors (Lipinski definition) is 5. The van der Waals surface area contributed by atoms with E-state index in [-0.39, 0.29) is 17.9 Å². The predicted molar refractivity (Wildman–Crippen MR) is 124 cm³/mol. The summed E-state index contributed by atoms with van der Waals surface area (Å²) in [6.45, 7) is 6.91. The smallest absolute Gasteiger partial charge is 0.237 e. The van der Waals surface area contributed by atoms with E-state index in [1.54, 1.807) is 6.26 Å². The first-order valence-electron chi connectivity index (χ1n) is 11.1. The summed E-state index contributed by atoms with van der Waals surface area (Å²) >= 11 is 3.24. The van der Waals surface area contributed by atoms with Crippen LogP contribution in [0.4, 0.5) is 0 Å². The summed E-state index contributed by atoms with van der Waals surface area (Å²) < 4.78 is 5.90. The third kappa shape index (κ3) is 6.98. The lowest BCUT2D eigenvalue weighted by Gasteiger charge is -2.44. The molecule has 0 aromatic rings. The van der Waals surface area contributed by atoms with Gasteiger partial charge in [0.1, 0.15) is 29.9 Å². The second-order valence-electron chi connectivity index (χ2n) is 8.69. The fourth-order valence-electron chi connectivity index (χ4n) is 4.33. The highest BCUT2D eigenvalue weighted by Gasteiger charge is 2.47. The molecule has 0 aliphatic carbocycles. The molecule has 2 aliphatic heterocycles. The lowest BCUT2D eigenvalue weighted by atomic mass is 9.86. The number of carbonyl (C=O) groups is 1. The van der Waals surface area contributed by atoms with Crippen LogP contribution >= 0.6 is 23.5 Å². The van der Waals surface area contributed by atoms with Crippen LogP contribution in [0.5, 0.6) is 0 Å². The first-order chi connectivity index (χ1) is 14.3. The molecule has 2 heterocycles. The zero-order chi connectivity index (χ0) is 22.3. The highest BCUT2D eigenvalue weighted by Crippen LogP contribution is 2.30. The average molecular weight is 465 g/mol. The molecule has 2 fully saturated rings. The van der Waals surface area contributed by atoms with Gasteiger partial charge in [-0.05, 0) is 61.8 Å². The Labute approximate surface area is 189 Å². The van der Waals surface area contributed by atoms with Gasteiger partial charge in [-0.15, -0.1) is 11.8 Å². The van der Waals surface area contributed by atoms with Crippen LogP contribution in [0.1, 0.15) is 46.5 Å². The fraction of sp³-hybridized carbons (Fsp3) is 0.952. The van der Waals surface area contributed by atoms with Crippen molar-refractivity contribution in [1.82, 2.24) is 10.6 Å². The van der Waals surface area contributed by atoms with Gasteiger partial charge in [0.2, 0.25) is 5.91 Å². The molecule has 7 nitrogen and oxygen atoms in total. The van der Waals surface area contributed by atoms with Crippen LogP contribution in [0.25, 0.3) is 0 Å². The molecule has 2 rings (SSSR count).